The van der Waals surface area contributed by atoms with Gasteiger partial charge in [0, 0.05) is 6.42 Å². The SMILES string of the molecule is CCOC(=O)CCc1nc(NCc2ccc(C)o2)c2c(C)noc2n1. The first-order valence-corrected chi connectivity index (χ1v) is 8.14. The number of carbonyl (C=O) groups excluding carboxylic acids is 1. The van der Waals surface area contributed by atoms with E-state index in [9.17, 15) is 4.79 Å². The number of furan rings is 1. The van der Waals surface area contributed by atoms with Gasteiger partial charge in [-0.2, -0.15) is 4.98 Å². The first kappa shape index (κ1) is 16.9. The summed E-state index contributed by atoms with van der Waals surface area (Å²) < 4.78 is 15.8. The molecule has 0 aliphatic heterocycles. The maximum absolute atomic E-state index is 11.5. The summed E-state index contributed by atoms with van der Waals surface area (Å²) in [6.45, 7) is 6.33. The molecule has 3 heterocycles. The largest absolute Gasteiger partial charge is 0.466 e. The van der Waals surface area contributed by atoms with Crippen molar-refractivity contribution in [3.05, 3.63) is 35.2 Å². The predicted molar refractivity (Wildman–Crippen MR) is 90.1 cm³/mol. The average molecular weight is 344 g/mol. The zero-order valence-electron chi connectivity index (χ0n) is 14.5. The van der Waals surface area contributed by atoms with Crippen LogP contribution in [0.3, 0.4) is 0 Å². The van der Waals surface area contributed by atoms with Crippen LogP contribution in [0.4, 0.5) is 5.82 Å². The molecule has 0 spiro atoms. The van der Waals surface area contributed by atoms with Crippen LogP contribution in [0.15, 0.2) is 21.1 Å². The number of esters is 1. The van der Waals surface area contributed by atoms with E-state index in [4.69, 9.17) is 13.7 Å². The van der Waals surface area contributed by atoms with Gasteiger partial charge in [0.1, 0.15) is 28.5 Å². The Kier molecular flexibility index (Phi) is 4.97. The lowest BCUT2D eigenvalue weighted by Gasteiger charge is -2.07. The Hall–Kier alpha value is -2.90. The molecule has 0 aromatic carbocycles. The number of rotatable bonds is 7. The Morgan fingerprint density at radius 3 is 2.84 bits per heavy atom. The van der Waals surface area contributed by atoms with Crippen molar-refractivity contribution < 1.29 is 18.5 Å². The van der Waals surface area contributed by atoms with Crippen molar-refractivity contribution in [1.82, 2.24) is 15.1 Å². The maximum atomic E-state index is 11.5. The molecular formula is C17H20N4O4. The van der Waals surface area contributed by atoms with Gasteiger partial charge in [0.05, 0.1) is 25.3 Å². The molecule has 0 amide bonds. The van der Waals surface area contributed by atoms with Crippen LogP contribution in [-0.2, 0) is 22.5 Å². The van der Waals surface area contributed by atoms with E-state index in [0.717, 1.165) is 16.9 Å². The van der Waals surface area contributed by atoms with Crippen LogP contribution in [0.2, 0.25) is 0 Å². The molecule has 8 nitrogen and oxygen atoms in total. The Bertz CT molecular complexity index is 884. The van der Waals surface area contributed by atoms with Gasteiger partial charge in [0.2, 0.25) is 0 Å². The summed E-state index contributed by atoms with van der Waals surface area (Å²) in [7, 11) is 0. The average Bonchev–Trinajstić information content (AvgIpc) is 3.17. The normalized spacial score (nSPS) is 11.0. The molecule has 25 heavy (non-hydrogen) atoms. The number of hydrogen-bond acceptors (Lipinski definition) is 8. The number of hydrogen-bond donors (Lipinski definition) is 1. The molecule has 3 rings (SSSR count). The highest BCUT2D eigenvalue weighted by atomic mass is 16.5. The van der Waals surface area contributed by atoms with Gasteiger partial charge >= 0.3 is 5.97 Å². The highest BCUT2D eigenvalue weighted by Gasteiger charge is 2.16. The molecule has 0 saturated heterocycles. The van der Waals surface area contributed by atoms with E-state index >= 15 is 0 Å². The molecule has 0 atom stereocenters. The number of aryl methyl sites for hydroxylation is 3. The molecule has 0 unspecified atom stereocenters. The molecule has 0 saturated carbocycles. The number of nitrogens with one attached hydrogen (secondary N) is 1. The molecule has 0 bridgehead atoms. The summed E-state index contributed by atoms with van der Waals surface area (Å²) >= 11 is 0. The minimum atomic E-state index is -0.277. The number of ether oxygens (including phenoxy) is 1. The van der Waals surface area contributed by atoms with Crippen LogP contribution >= 0.6 is 0 Å². The van der Waals surface area contributed by atoms with Gasteiger partial charge in [-0.15, -0.1) is 0 Å². The van der Waals surface area contributed by atoms with Crippen molar-refractivity contribution in [2.75, 3.05) is 11.9 Å². The predicted octanol–water partition coefficient (Wildman–Crippen LogP) is 2.94. The van der Waals surface area contributed by atoms with Crippen molar-refractivity contribution in [3.8, 4) is 0 Å². The molecule has 1 N–H and O–H groups in total. The molecule has 3 aromatic heterocycles. The van der Waals surface area contributed by atoms with Crippen LogP contribution in [0.25, 0.3) is 11.1 Å². The molecule has 0 aliphatic rings. The second-order valence-electron chi connectivity index (χ2n) is 5.61. The standard InChI is InChI=1S/C17H20N4O4/c1-4-23-14(22)8-7-13-19-16(15-11(3)21-25-17(15)20-13)18-9-12-6-5-10(2)24-12/h5-6H,4,7-9H2,1-3H3,(H,18,19,20). The molecule has 3 aromatic rings. The first-order chi connectivity index (χ1) is 12.1. The smallest absolute Gasteiger partial charge is 0.306 e. The van der Waals surface area contributed by atoms with Crippen LogP contribution < -0.4 is 5.32 Å². The van der Waals surface area contributed by atoms with Gasteiger partial charge in [-0.25, -0.2) is 4.98 Å². The third-order valence-electron chi connectivity index (χ3n) is 3.64. The molecule has 0 fully saturated rings. The Balaban J connectivity index is 1.81. The van der Waals surface area contributed by atoms with E-state index in [1.54, 1.807) is 6.92 Å². The van der Waals surface area contributed by atoms with Crippen molar-refractivity contribution in [2.45, 2.75) is 40.2 Å². The van der Waals surface area contributed by atoms with Crippen molar-refractivity contribution in [1.29, 1.82) is 0 Å². The maximum Gasteiger partial charge on any atom is 0.306 e. The van der Waals surface area contributed by atoms with Crippen molar-refractivity contribution >= 4 is 22.9 Å². The van der Waals surface area contributed by atoms with Crippen LogP contribution in [-0.4, -0.2) is 27.7 Å². The van der Waals surface area contributed by atoms with E-state index in [-0.39, 0.29) is 12.4 Å². The topological polar surface area (TPSA) is 103 Å². The summed E-state index contributed by atoms with van der Waals surface area (Å²) in [5, 5.41) is 7.91. The molecular weight excluding hydrogens is 324 g/mol. The van der Waals surface area contributed by atoms with E-state index in [1.807, 2.05) is 26.0 Å². The van der Waals surface area contributed by atoms with E-state index in [0.29, 0.717) is 42.6 Å². The third-order valence-corrected chi connectivity index (χ3v) is 3.64. The second-order valence-corrected chi connectivity index (χ2v) is 5.61. The summed E-state index contributed by atoms with van der Waals surface area (Å²) in [4.78, 5) is 20.4. The summed E-state index contributed by atoms with van der Waals surface area (Å²) in [6.07, 6.45) is 0.576. The number of aromatic nitrogens is 3. The minimum absolute atomic E-state index is 0.212. The van der Waals surface area contributed by atoms with Gasteiger partial charge < -0.3 is 19.0 Å². The van der Waals surface area contributed by atoms with E-state index < -0.39 is 0 Å². The quantitative estimate of drug-likeness (QED) is 0.653. The lowest BCUT2D eigenvalue weighted by molar-refractivity contribution is -0.143. The lowest BCUT2D eigenvalue weighted by atomic mass is 10.2. The summed E-state index contributed by atoms with van der Waals surface area (Å²) in [5.74, 6) is 2.47. The van der Waals surface area contributed by atoms with Crippen molar-refractivity contribution in [2.24, 2.45) is 0 Å². The van der Waals surface area contributed by atoms with Crippen LogP contribution in [0.1, 0.15) is 36.4 Å². The van der Waals surface area contributed by atoms with Crippen molar-refractivity contribution in [3.63, 3.8) is 0 Å². The monoisotopic (exact) mass is 344 g/mol. The van der Waals surface area contributed by atoms with Gasteiger partial charge in [-0.05, 0) is 32.9 Å². The van der Waals surface area contributed by atoms with E-state index in [2.05, 4.69) is 20.4 Å². The molecule has 132 valence electrons. The number of carbonyl (C=O) groups is 1. The third kappa shape index (κ3) is 3.96. The molecule has 0 aliphatic carbocycles. The summed E-state index contributed by atoms with van der Waals surface area (Å²) in [5.41, 5.74) is 1.09. The molecule has 8 heteroatoms. The van der Waals surface area contributed by atoms with Gasteiger partial charge in [0.15, 0.2) is 0 Å². The number of anilines is 1. The Morgan fingerprint density at radius 2 is 2.12 bits per heavy atom. The van der Waals surface area contributed by atoms with E-state index in [1.165, 1.54) is 0 Å². The highest BCUT2D eigenvalue weighted by Crippen LogP contribution is 2.24. The Labute approximate surface area is 144 Å². The Morgan fingerprint density at radius 1 is 1.28 bits per heavy atom. The summed E-state index contributed by atoms with van der Waals surface area (Å²) in [6, 6.07) is 3.81. The fraction of sp³-hybridized carbons (Fsp3) is 0.412. The first-order valence-electron chi connectivity index (χ1n) is 8.14. The van der Waals surface area contributed by atoms with Gasteiger partial charge in [0.25, 0.3) is 5.71 Å². The molecule has 0 radical (unpaired) electrons. The van der Waals surface area contributed by atoms with Crippen LogP contribution in [0.5, 0.6) is 0 Å². The van der Waals surface area contributed by atoms with Gasteiger partial charge in [-0.1, -0.05) is 5.16 Å². The highest BCUT2D eigenvalue weighted by molar-refractivity contribution is 5.87. The lowest BCUT2D eigenvalue weighted by Crippen LogP contribution is -2.09. The van der Waals surface area contributed by atoms with Crippen LogP contribution in [0, 0.1) is 13.8 Å². The second kappa shape index (κ2) is 7.33. The number of nitrogens with zero attached hydrogens (tertiary/aromatic N) is 3. The fourth-order valence-electron chi connectivity index (χ4n) is 2.47. The fourth-order valence-corrected chi connectivity index (χ4v) is 2.47. The minimum Gasteiger partial charge on any atom is -0.466 e. The zero-order valence-corrected chi connectivity index (χ0v) is 14.5. The zero-order chi connectivity index (χ0) is 17.8. The number of fused-ring (bicyclic) bond motifs is 1. The van der Waals surface area contributed by atoms with Gasteiger partial charge in [-0.3, -0.25) is 4.79 Å².